The maximum absolute atomic E-state index is 11.9. The van der Waals surface area contributed by atoms with Crippen molar-refractivity contribution in [1.82, 2.24) is 10.2 Å². The Morgan fingerprint density at radius 3 is 2.19 bits per heavy atom. The molecule has 1 aliphatic heterocycles. The van der Waals surface area contributed by atoms with Gasteiger partial charge in [-0.2, -0.15) is 0 Å². The summed E-state index contributed by atoms with van der Waals surface area (Å²) >= 11 is 0. The van der Waals surface area contributed by atoms with Crippen LogP contribution in [0.15, 0.2) is 0 Å². The maximum Gasteiger partial charge on any atom is 0.236 e. The summed E-state index contributed by atoms with van der Waals surface area (Å²) in [5.41, 5.74) is 0. The zero-order valence-electron chi connectivity index (χ0n) is 9.95. The van der Waals surface area contributed by atoms with E-state index in [1.54, 1.807) is 0 Å². The first-order chi connectivity index (χ1) is 7.84. The van der Waals surface area contributed by atoms with Crippen LogP contribution in [0, 0.1) is 11.8 Å². The number of likely N-dealkylation sites (tertiary alicyclic amines) is 1. The van der Waals surface area contributed by atoms with E-state index in [4.69, 9.17) is 0 Å². The van der Waals surface area contributed by atoms with Gasteiger partial charge < -0.3 is 10.2 Å². The molecule has 0 atom stereocenters. The number of carbonyl (C=O) groups excluding carboxylic acids is 1. The van der Waals surface area contributed by atoms with Crippen molar-refractivity contribution >= 4 is 5.91 Å². The van der Waals surface area contributed by atoms with Crippen molar-refractivity contribution in [2.45, 2.75) is 44.6 Å². The second-order valence-corrected chi connectivity index (χ2v) is 5.67. The minimum absolute atomic E-state index is 0.323. The number of hydrogen-bond donors (Lipinski definition) is 1. The molecular weight excluding hydrogens is 200 g/mol. The Morgan fingerprint density at radius 1 is 1.12 bits per heavy atom. The average Bonchev–Trinajstić information content (AvgIpc) is 3.21. The lowest BCUT2D eigenvalue weighted by atomic mass is 10.1. The molecule has 2 saturated carbocycles. The Hall–Kier alpha value is -0.570. The standard InChI is InChI=1S/C13H22N2O/c16-12(15-7-1-2-8-15)9-14-13(10-3-4-10)11-5-6-11/h10-11,13-14H,1-9H2. The van der Waals surface area contributed by atoms with Gasteiger partial charge in [-0.1, -0.05) is 0 Å². The summed E-state index contributed by atoms with van der Waals surface area (Å²) in [5, 5.41) is 3.53. The summed E-state index contributed by atoms with van der Waals surface area (Å²) in [7, 11) is 0. The third-order valence-corrected chi connectivity index (χ3v) is 4.21. The van der Waals surface area contributed by atoms with Gasteiger partial charge in [0.25, 0.3) is 0 Å². The van der Waals surface area contributed by atoms with Gasteiger partial charge in [-0.15, -0.1) is 0 Å². The van der Waals surface area contributed by atoms with Crippen molar-refractivity contribution in [2.24, 2.45) is 11.8 Å². The second-order valence-electron chi connectivity index (χ2n) is 5.67. The number of carbonyl (C=O) groups is 1. The smallest absolute Gasteiger partial charge is 0.236 e. The molecule has 1 N–H and O–H groups in total. The van der Waals surface area contributed by atoms with Crippen LogP contribution in [-0.2, 0) is 4.79 Å². The molecule has 1 heterocycles. The van der Waals surface area contributed by atoms with E-state index < -0.39 is 0 Å². The lowest BCUT2D eigenvalue weighted by Crippen LogP contribution is -2.42. The highest BCUT2D eigenvalue weighted by Gasteiger charge is 2.41. The van der Waals surface area contributed by atoms with E-state index >= 15 is 0 Å². The lowest BCUT2D eigenvalue weighted by molar-refractivity contribution is -0.129. The third-order valence-electron chi connectivity index (χ3n) is 4.21. The predicted octanol–water partition coefficient (Wildman–Crippen LogP) is 1.39. The summed E-state index contributed by atoms with van der Waals surface area (Å²) in [6.45, 7) is 2.55. The molecule has 0 aromatic rings. The fraction of sp³-hybridized carbons (Fsp3) is 0.923. The Balaban J connectivity index is 1.45. The van der Waals surface area contributed by atoms with Crippen LogP contribution < -0.4 is 5.32 Å². The molecule has 3 heteroatoms. The largest absolute Gasteiger partial charge is 0.342 e. The molecule has 3 fully saturated rings. The Labute approximate surface area is 97.6 Å². The number of rotatable bonds is 5. The Kier molecular flexibility index (Phi) is 2.88. The van der Waals surface area contributed by atoms with Gasteiger partial charge in [-0.25, -0.2) is 0 Å². The first-order valence-corrected chi connectivity index (χ1v) is 6.86. The minimum atomic E-state index is 0.323. The quantitative estimate of drug-likeness (QED) is 0.762. The van der Waals surface area contributed by atoms with Crippen molar-refractivity contribution in [3.05, 3.63) is 0 Å². The molecule has 1 amide bonds. The van der Waals surface area contributed by atoms with E-state index in [0.29, 0.717) is 18.5 Å². The van der Waals surface area contributed by atoms with Crippen molar-refractivity contribution in [3.8, 4) is 0 Å². The molecule has 0 spiro atoms. The molecule has 0 aromatic heterocycles. The molecule has 0 unspecified atom stereocenters. The van der Waals surface area contributed by atoms with E-state index in [9.17, 15) is 4.79 Å². The summed E-state index contributed by atoms with van der Waals surface area (Å²) < 4.78 is 0. The van der Waals surface area contributed by atoms with Gasteiger partial charge in [0.15, 0.2) is 0 Å². The van der Waals surface area contributed by atoms with E-state index in [1.165, 1.54) is 38.5 Å². The van der Waals surface area contributed by atoms with E-state index in [2.05, 4.69) is 5.32 Å². The van der Waals surface area contributed by atoms with Gasteiger partial charge in [-0.05, 0) is 50.4 Å². The summed E-state index contributed by atoms with van der Waals surface area (Å²) in [4.78, 5) is 13.9. The van der Waals surface area contributed by atoms with Crippen LogP contribution >= 0.6 is 0 Å². The first kappa shape index (κ1) is 10.6. The lowest BCUT2D eigenvalue weighted by Gasteiger charge is -2.20. The van der Waals surface area contributed by atoms with Crippen LogP contribution in [0.3, 0.4) is 0 Å². The van der Waals surface area contributed by atoms with Crippen LogP contribution in [0.5, 0.6) is 0 Å². The predicted molar refractivity (Wildman–Crippen MR) is 63.1 cm³/mol. The van der Waals surface area contributed by atoms with Crippen molar-refractivity contribution in [1.29, 1.82) is 0 Å². The molecule has 0 radical (unpaired) electrons. The van der Waals surface area contributed by atoms with Crippen LogP contribution in [0.1, 0.15) is 38.5 Å². The Bertz CT molecular complexity index is 253. The van der Waals surface area contributed by atoms with E-state index in [1.807, 2.05) is 4.90 Å². The van der Waals surface area contributed by atoms with Crippen molar-refractivity contribution < 1.29 is 4.79 Å². The summed E-state index contributed by atoms with van der Waals surface area (Å²) in [6, 6.07) is 0.659. The van der Waals surface area contributed by atoms with Crippen LogP contribution in [0.4, 0.5) is 0 Å². The molecule has 3 nitrogen and oxygen atoms in total. The molecule has 0 bridgehead atoms. The molecule has 1 saturated heterocycles. The number of amides is 1. The van der Waals surface area contributed by atoms with Crippen molar-refractivity contribution in [3.63, 3.8) is 0 Å². The maximum atomic E-state index is 11.9. The van der Waals surface area contributed by atoms with Crippen LogP contribution in [-0.4, -0.2) is 36.5 Å². The van der Waals surface area contributed by atoms with Gasteiger partial charge in [0.2, 0.25) is 5.91 Å². The SMILES string of the molecule is O=C(CNC(C1CC1)C1CC1)N1CCCC1. The third kappa shape index (κ3) is 2.40. The number of nitrogens with one attached hydrogen (secondary N) is 1. The van der Waals surface area contributed by atoms with Gasteiger partial charge in [-0.3, -0.25) is 4.79 Å². The number of nitrogens with zero attached hydrogens (tertiary/aromatic N) is 1. The fourth-order valence-corrected chi connectivity index (χ4v) is 2.91. The van der Waals surface area contributed by atoms with Crippen LogP contribution in [0.25, 0.3) is 0 Å². The topological polar surface area (TPSA) is 32.3 Å². The zero-order valence-corrected chi connectivity index (χ0v) is 9.95. The minimum Gasteiger partial charge on any atom is -0.342 e. The number of hydrogen-bond acceptors (Lipinski definition) is 2. The highest BCUT2D eigenvalue weighted by atomic mass is 16.2. The van der Waals surface area contributed by atoms with Gasteiger partial charge in [0.1, 0.15) is 0 Å². The normalized spacial score (nSPS) is 25.4. The molecule has 3 rings (SSSR count). The highest BCUT2D eigenvalue weighted by Crippen LogP contribution is 2.44. The highest BCUT2D eigenvalue weighted by molar-refractivity contribution is 5.78. The van der Waals surface area contributed by atoms with Crippen LogP contribution in [0.2, 0.25) is 0 Å². The molecule has 2 aliphatic carbocycles. The van der Waals surface area contributed by atoms with Gasteiger partial charge >= 0.3 is 0 Å². The second kappa shape index (κ2) is 4.36. The molecule has 0 aromatic carbocycles. The van der Waals surface area contributed by atoms with Gasteiger partial charge in [0.05, 0.1) is 6.54 Å². The molecule has 90 valence electrons. The first-order valence-electron chi connectivity index (χ1n) is 6.86. The van der Waals surface area contributed by atoms with E-state index in [0.717, 1.165) is 24.9 Å². The van der Waals surface area contributed by atoms with Gasteiger partial charge in [0, 0.05) is 19.1 Å². The zero-order chi connectivity index (χ0) is 11.0. The van der Waals surface area contributed by atoms with E-state index in [-0.39, 0.29) is 0 Å². The average molecular weight is 222 g/mol. The molecular formula is C13H22N2O. The summed E-state index contributed by atoms with van der Waals surface area (Å²) in [6.07, 6.45) is 7.91. The fourth-order valence-electron chi connectivity index (χ4n) is 2.91. The van der Waals surface area contributed by atoms with Crippen molar-refractivity contribution in [2.75, 3.05) is 19.6 Å². The molecule has 3 aliphatic rings. The molecule has 16 heavy (non-hydrogen) atoms. The summed E-state index contributed by atoms with van der Waals surface area (Å²) in [5.74, 6) is 2.10. The Morgan fingerprint density at radius 2 is 1.69 bits per heavy atom. The monoisotopic (exact) mass is 222 g/mol.